The first kappa shape index (κ1) is 21.0. The van der Waals surface area contributed by atoms with E-state index in [0.717, 1.165) is 44.6 Å². The van der Waals surface area contributed by atoms with Gasteiger partial charge in [-0.2, -0.15) is 0 Å². The predicted octanol–water partition coefficient (Wildman–Crippen LogP) is 3.73. The first-order valence-electron chi connectivity index (χ1n) is 13.0. The topological polar surface area (TPSA) is 62.2 Å². The number of phenols is 1. The molecular weight excluding hydrogens is 420 g/mol. The zero-order valence-corrected chi connectivity index (χ0v) is 19.8. The monoisotopic (exact) mass is 456 g/mol. The van der Waals surface area contributed by atoms with Crippen LogP contribution in [0.4, 0.5) is 4.39 Å². The normalized spacial score (nSPS) is 42.8. The number of alkyl halides is 1. The molecule has 33 heavy (non-hydrogen) atoms. The summed E-state index contributed by atoms with van der Waals surface area (Å²) in [7, 11) is 0. The van der Waals surface area contributed by atoms with Gasteiger partial charge in [-0.3, -0.25) is 4.90 Å². The second kappa shape index (κ2) is 6.44. The van der Waals surface area contributed by atoms with E-state index >= 15 is 0 Å². The Bertz CT molecular complexity index is 1000. The lowest BCUT2D eigenvalue weighted by Gasteiger charge is -2.75. The van der Waals surface area contributed by atoms with Crippen molar-refractivity contribution in [3.8, 4) is 11.5 Å². The highest BCUT2D eigenvalue weighted by molar-refractivity contribution is 5.63. The van der Waals surface area contributed by atoms with Crippen LogP contribution in [0.25, 0.3) is 0 Å². The third-order valence-corrected chi connectivity index (χ3v) is 10.6. The highest BCUT2D eigenvalue weighted by Gasteiger charge is 2.81. The minimum Gasteiger partial charge on any atom is -0.504 e. The number of aliphatic hydroxyl groups is 1. The highest BCUT2D eigenvalue weighted by atomic mass is 18.2. The number of hydrogen-bond donors (Lipinski definition) is 2. The molecule has 5 aliphatic carbocycles. The maximum atomic E-state index is 13.5. The molecule has 5 fully saturated rings. The van der Waals surface area contributed by atoms with Crippen molar-refractivity contribution in [2.75, 3.05) is 26.4 Å². The molecule has 1 aromatic rings. The average molecular weight is 457 g/mol. The first-order valence-corrected chi connectivity index (χ1v) is 13.0. The van der Waals surface area contributed by atoms with Crippen LogP contribution in [0.5, 0.6) is 11.5 Å². The number of fused-ring (bicyclic) bond motifs is 2. The molecular formula is C27H36FNO4. The van der Waals surface area contributed by atoms with Gasteiger partial charge in [0, 0.05) is 34.9 Å². The Labute approximate surface area is 195 Å². The number of piperidine rings is 1. The first-order chi connectivity index (χ1) is 15.8. The van der Waals surface area contributed by atoms with E-state index < -0.39 is 17.9 Å². The minimum atomic E-state index is -0.971. The Morgan fingerprint density at radius 1 is 1.24 bits per heavy atom. The fourth-order valence-corrected chi connectivity index (χ4v) is 9.36. The van der Waals surface area contributed by atoms with Crippen molar-refractivity contribution in [1.82, 2.24) is 4.90 Å². The van der Waals surface area contributed by atoms with Gasteiger partial charge in [0.1, 0.15) is 18.4 Å². The van der Waals surface area contributed by atoms with Gasteiger partial charge < -0.3 is 19.7 Å². The molecule has 0 amide bonds. The maximum Gasteiger partial charge on any atom is 0.165 e. The lowest BCUT2D eigenvalue weighted by molar-refractivity contribution is -0.307. The molecule has 6 heteroatoms. The molecule has 2 aliphatic heterocycles. The summed E-state index contributed by atoms with van der Waals surface area (Å²) in [5.74, 6) is 1.51. The van der Waals surface area contributed by atoms with Gasteiger partial charge in [0.15, 0.2) is 11.5 Å². The predicted molar refractivity (Wildman–Crippen MR) is 121 cm³/mol. The smallest absolute Gasteiger partial charge is 0.165 e. The van der Waals surface area contributed by atoms with Gasteiger partial charge in [0.25, 0.3) is 0 Å². The van der Waals surface area contributed by atoms with Gasteiger partial charge >= 0.3 is 0 Å². The highest BCUT2D eigenvalue weighted by Crippen LogP contribution is 2.77. The van der Waals surface area contributed by atoms with E-state index in [0.29, 0.717) is 11.8 Å². The Kier molecular flexibility index (Phi) is 4.09. The molecule has 0 radical (unpaired) electrons. The molecule has 2 N–H and O–H groups in total. The molecule has 2 spiro atoms. The van der Waals surface area contributed by atoms with Gasteiger partial charge in [-0.25, -0.2) is 4.39 Å². The van der Waals surface area contributed by atoms with Gasteiger partial charge in [0.2, 0.25) is 0 Å². The molecule has 0 aromatic heterocycles. The number of hydrogen-bond acceptors (Lipinski definition) is 5. The Hall–Kier alpha value is -1.37. The molecule has 2 heterocycles. The van der Waals surface area contributed by atoms with Gasteiger partial charge in [-0.15, -0.1) is 0 Å². The molecule has 180 valence electrons. The quantitative estimate of drug-likeness (QED) is 0.683. The number of phenolic OH excluding ortho intramolecular Hbond substituents is 1. The van der Waals surface area contributed by atoms with E-state index in [1.807, 2.05) is 13.8 Å². The van der Waals surface area contributed by atoms with Crippen molar-refractivity contribution in [3.05, 3.63) is 23.3 Å². The number of rotatable bonds is 6. The van der Waals surface area contributed by atoms with E-state index in [2.05, 4.69) is 11.0 Å². The number of benzene rings is 1. The standard InChI is InChI=1S/C27H36FNO4/c1-24(2,31)19-14-25-7-8-27(19,32-12-10-28)23-26(25)9-11-29(15-16-3-4-16)20(25)13-17-5-6-18(30)22(33-23)21(17)26/h5-6,16,19-20,23,30-31H,3-4,7-15H2,1-2H3/t19-,20-,23-,25-,26+,27-/m1/s1/i28-1. The van der Waals surface area contributed by atoms with Crippen LogP contribution in [0.1, 0.15) is 63.5 Å². The SMILES string of the molecule is CC(C)(O)[C@H]1C[C@@]23CC[C@]1(OCC[18F])[C@@H]1Oc4c(O)ccc5c4[C@@]12CCN(CC1CC1)[C@@H]3C5. The Morgan fingerprint density at radius 2 is 2.06 bits per heavy atom. The van der Waals surface area contributed by atoms with E-state index in [9.17, 15) is 14.6 Å². The molecule has 5 nitrogen and oxygen atoms in total. The molecule has 1 aromatic carbocycles. The summed E-state index contributed by atoms with van der Waals surface area (Å²) in [6, 6.07) is 4.30. The summed E-state index contributed by atoms with van der Waals surface area (Å²) in [4.78, 5) is 2.76. The van der Waals surface area contributed by atoms with Gasteiger partial charge in [0.05, 0.1) is 12.2 Å². The molecule has 4 bridgehead atoms. The number of nitrogens with zero attached hydrogens (tertiary/aromatic N) is 1. The van der Waals surface area contributed by atoms with E-state index in [-0.39, 0.29) is 35.2 Å². The van der Waals surface area contributed by atoms with Crippen molar-refractivity contribution in [3.63, 3.8) is 0 Å². The molecule has 1 saturated heterocycles. The third-order valence-electron chi connectivity index (χ3n) is 10.6. The van der Waals surface area contributed by atoms with Crippen LogP contribution in [0.15, 0.2) is 12.1 Å². The lowest BCUT2D eigenvalue weighted by Crippen LogP contribution is -2.82. The summed E-state index contributed by atoms with van der Waals surface area (Å²) in [5, 5.41) is 22.3. The van der Waals surface area contributed by atoms with Crippen molar-refractivity contribution in [2.45, 2.75) is 87.6 Å². The summed E-state index contributed by atoms with van der Waals surface area (Å²) in [6.07, 6.45) is 6.97. The number of halogens is 1. The average Bonchev–Trinajstić information content (AvgIpc) is 3.52. The lowest BCUT2D eigenvalue weighted by atomic mass is 9.34. The maximum absolute atomic E-state index is 13.5. The second-order valence-electron chi connectivity index (χ2n) is 12.4. The van der Waals surface area contributed by atoms with Crippen LogP contribution < -0.4 is 4.74 Å². The molecule has 0 unspecified atom stereocenters. The summed E-state index contributed by atoms with van der Waals surface area (Å²) in [5.41, 5.74) is 0.515. The summed E-state index contributed by atoms with van der Waals surface area (Å²) < 4.78 is 26.7. The van der Waals surface area contributed by atoms with Crippen molar-refractivity contribution >= 4 is 0 Å². The van der Waals surface area contributed by atoms with Gasteiger partial charge in [-0.1, -0.05) is 6.07 Å². The summed E-state index contributed by atoms with van der Waals surface area (Å²) in [6.45, 7) is 5.44. The second-order valence-corrected chi connectivity index (χ2v) is 12.4. The zero-order valence-electron chi connectivity index (χ0n) is 19.8. The number of aromatic hydroxyl groups is 1. The van der Waals surface area contributed by atoms with Crippen LogP contribution >= 0.6 is 0 Å². The fraction of sp³-hybridized carbons (Fsp3) is 0.778. The van der Waals surface area contributed by atoms with E-state index in [4.69, 9.17) is 9.47 Å². The largest absolute Gasteiger partial charge is 0.504 e. The summed E-state index contributed by atoms with van der Waals surface area (Å²) >= 11 is 0. The van der Waals surface area contributed by atoms with Crippen LogP contribution in [-0.2, 0) is 16.6 Å². The molecule has 6 atom stereocenters. The molecule has 7 aliphatic rings. The number of likely N-dealkylation sites (tertiary alicyclic amines) is 1. The molecule has 8 rings (SSSR count). The van der Waals surface area contributed by atoms with Crippen LogP contribution in [0, 0.1) is 17.3 Å². The van der Waals surface area contributed by atoms with Crippen molar-refractivity contribution < 1.29 is 24.1 Å². The van der Waals surface area contributed by atoms with Gasteiger partial charge in [-0.05, 0) is 82.9 Å². The van der Waals surface area contributed by atoms with E-state index in [1.165, 1.54) is 30.5 Å². The minimum absolute atomic E-state index is 0.0158. The molecule has 4 saturated carbocycles. The fourth-order valence-electron chi connectivity index (χ4n) is 9.36. The van der Waals surface area contributed by atoms with Crippen molar-refractivity contribution in [1.29, 1.82) is 0 Å². The Morgan fingerprint density at radius 3 is 2.79 bits per heavy atom. The van der Waals surface area contributed by atoms with E-state index in [1.54, 1.807) is 6.07 Å². The van der Waals surface area contributed by atoms with Crippen LogP contribution in [0.3, 0.4) is 0 Å². The zero-order chi connectivity index (χ0) is 22.8. The van der Waals surface area contributed by atoms with Crippen molar-refractivity contribution in [2.24, 2.45) is 17.3 Å². The third kappa shape index (κ3) is 2.38. The van der Waals surface area contributed by atoms with Crippen LogP contribution in [0.2, 0.25) is 0 Å². The number of ether oxygens (including phenoxy) is 2. The van der Waals surface area contributed by atoms with Crippen LogP contribution in [-0.4, -0.2) is 64.8 Å². The Balaban J connectivity index is 1.46.